The highest BCUT2D eigenvalue weighted by Crippen LogP contribution is 2.37. The molecule has 0 N–H and O–H groups in total. The molecule has 0 bridgehead atoms. The van der Waals surface area contributed by atoms with Gasteiger partial charge in [-0.2, -0.15) is 0 Å². The van der Waals surface area contributed by atoms with E-state index in [9.17, 15) is 8.78 Å². The van der Waals surface area contributed by atoms with Gasteiger partial charge in [-0.15, -0.1) is 0 Å². The van der Waals surface area contributed by atoms with Crippen molar-refractivity contribution in [3.05, 3.63) is 59.7 Å². The number of rotatable bonds is 5. The van der Waals surface area contributed by atoms with Gasteiger partial charge in [0.25, 0.3) is 0 Å². The lowest BCUT2D eigenvalue weighted by molar-refractivity contribution is -0.0361. The van der Waals surface area contributed by atoms with Crippen molar-refractivity contribution >= 4 is 12.6 Å². The SMILES string of the molecule is CC1(C)OB(c2ccc(O[C@H]3CCN([C@@H]4CC[C@@H](c5cc(F)ccc5F)OC4)C3)cc2)OC1(C)C. The summed E-state index contributed by atoms with van der Waals surface area (Å²) in [6.45, 7) is 10.5. The molecule has 3 aliphatic heterocycles. The normalized spacial score (nSPS) is 28.4. The number of nitrogens with zero attached hydrogens (tertiary/aromatic N) is 1. The van der Waals surface area contributed by atoms with Crippen molar-refractivity contribution in [2.45, 2.75) is 76.4 Å². The Bertz CT molecular complexity index is 1020. The van der Waals surface area contributed by atoms with Gasteiger partial charge in [0.1, 0.15) is 23.5 Å². The van der Waals surface area contributed by atoms with Gasteiger partial charge >= 0.3 is 7.12 Å². The predicted molar refractivity (Wildman–Crippen MR) is 131 cm³/mol. The van der Waals surface area contributed by atoms with Gasteiger partial charge in [0, 0.05) is 24.7 Å². The summed E-state index contributed by atoms with van der Waals surface area (Å²) in [5.41, 5.74) is 0.561. The molecule has 35 heavy (non-hydrogen) atoms. The number of likely N-dealkylation sites (tertiary alicyclic amines) is 1. The van der Waals surface area contributed by atoms with Crippen LogP contribution in [0.2, 0.25) is 0 Å². The summed E-state index contributed by atoms with van der Waals surface area (Å²) in [6.07, 6.45) is 2.22. The molecular weight excluding hydrogens is 451 g/mol. The number of halogens is 2. The van der Waals surface area contributed by atoms with Gasteiger partial charge in [0.15, 0.2) is 0 Å². The Kier molecular flexibility index (Phi) is 6.68. The molecule has 188 valence electrons. The number of hydrogen-bond donors (Lipinski definition) is 0. The van der Waals surface area contributed by atoms with Crippen molar-refractivity contribution < 1.29 is 27.6 Å². The van der Waals surface area contributed by atoms with Gasteiger partial charge in [-0.25, -0.2) is 8.78 Å². The van der Waals surface area contributed by atoms with Crippen molar-refractivity contribution in [1.82, 2.24) is 4.90 Å². The first-order valence-electron chi connectivity index (χ1n) is 12.5. The minimum Gasteiger partial charge on any atom is -0.489 e. The minimum atomic E-state index is -0.435. The Hall–Kier alpha value is -2.00. The lowest BCUT2D eigenvalue weighted by atomic mass is 9.79. The zero-order valence-corrected chi connectivity index (χ0v) is 20.9. The highest BCUT2D eigenvalue weighted by molar-refractivity contribution is 6.62. The molecule has 0 spiro atoms. The Morgan fingerprint density at radius 3 is 2.31 bits per heavy atom. The molecular formula is C27H34BF2NO4. The lowest BCUT2D eigenvalue weighted by Gasteiger charge is -2.35. The standard InChI is InChI=1S/C27H34BF2NO4/c1-26(2)27(3,4)35-28(34-26)18-5-9-21(10-6-18)33-22-13-14-31(16-22)20-8-12-25(32-17-20)23-15-19(29)7-11-24(23)30/h5-7,9-11,15,20,22,25H,8,12-14,16-17H2,1-4H3/t20-,22+,25+/m1/s1. The van der Waals surface area contributed by atoms with Crippen LogP contribution in [0.5, 0.6) is 5.75 Å². The maximum Gasteiger partial charge on any atom is 0.494 e. The Labute approximate surface area is 206 Å². The van der Waals surface area contributed by atoms with Gasteiger partial charge in [-0.1, -0.05) is 12.1 Å². The van der Waals surface area contributed by atoms with Crippen LogP contribution in [0, 0.1) is 11.6 Å². The first-order chi connectivity index (χ1) is 16.6. The second kappa shape index (κ2) is 9.47. The van der Waals surface area contributed by atoms with Crippen molar-refractivity contribution in [3.63, 3.8) is 0 Å². The fourth-order valence-corrected chi connectivity index (χ4v) is 5.09. The monoisotopic (exact) mass is 485 g/mol. The van der Waals surface area contributed by atoms with Crippen LogP contribution < -0.4 is 10.2 Å². The van der Waals surface area contributed by atoms with Crippen LogP contribution >= 0.6 is 0 Å². The van der Waals surface area contributed by atoms with E-state index in [1.54, 1.807) is 0 Å². The highest BCUT2D eigenvalue weighted by Gasteiger charge is 2.51. The largest absolute Gasteiger partial charge is 0.494 e. The van der Waals surface area contributed by atoms with Crippen LogP contribution in [0.1, 0.15) is 58.6 Å². The fraction of sp³-hybridized carbons (Fsp3) is 0.556. The summed E-state index contributed by atoms with van der Waals surface area (Å²) in [4.78, 5) is 2.39. The molecule has 5 nitrogen and oxygen atoms in total. The van der Waals surface area contributed by atoms with Crippen LogP contribution in [0.3, 0.4) is 0 Å². The van der Waals surface area contributed by atoms with Gasteiger partial charge in [0.05, 0.1) is 23.9 Å². The maximum absolute atomic E-state index is 14.1. The third kappa shape index (κ3) is 5.12. The second-order valence-electron chi connectivity index (χ2n) is 10.9. The molecule has 3 heterocycles. The summed E-state index contributed by atoms with van der Waals surface area (Å²) in [7, 11) is -0.382. The zero-order chi connectivity index (χ0) is 24.8. The minimum absolute atomic E-state index is 0.107. The lowest BCUT2D eigenvalue weighted by Crippen LogP contribution is -2.41. The summed E-state index contributed by atoms with van der Waals surface area (Å²) >= 11 is 0. The molecule has 2 aromatic rings. The van der Waals surface area contributed by atoms with Crippen LogP contribution in [0.4, 0.5) is 8.78 Å². The van der Waals surface area contributed by atoms with Gasteiger partial charge < -0.3 is 18.8 Å². The van der Waals surface area contributed by atoms with E-state index in [0.29, 0.717) is 18.6 Å². The van der Waals surface area contributed by atoms with E-state index in [2.05, 4.69) is 4.90 Å². The van der Waals surface area contributed by atoms with Crippen LogP contribution in [-0.4, -0.2) is 55.1 Å². The molecule has 8 heteroatoms. The van der Waals surface area contributed by atoms with E-state index in [0.717, 1.165) is 43.2 Å². The van der Waals surface area contributed by atoms with Crippen LogP contribution in [-0.2, 0) is 14.0 Å². The van der Waals surface area contributed by atoms with E-state index < -0.39 is 11.6 Å². The number of benzene rings is 2. The van der Waals surface area contributed by atoms with Crippen molar-refractivity contribution in [3.8, 4) is 5.75 Å². The van der Waals surface area contributed by atoms with Gasteiger partial charge in [-0.3, -0.25) is 4.90 Å². The van der Waals surface area contributed by atoms with E-state index in [1.165, 1.54) is 12.1 Å². The molecule has 0 aliphatic carbocycles. The highest BCUT2D eigenvalue weighted by atomic mass is 19.1. The molecule has 3 saturated heterocycles. The number of hydrogen-bond acceptors (Lipinski definition) is 5. The third-order valence-corrected chi connectivity index (χ3v) is 7.96. The third-order valence-electron chi connectivity index (χ3n) is 7.96. The van der Waals surface area contributed by atoms with E-state index in [-0.39, 0.29) is 36.6 Å². The summed E-state index contributed by atoms with van der Waals surface area (Å²) < 4.78 is 52.1. The average molecular weight is 485 g/mol. The Balaban J connectivity index is 1.12. The molecule has 0 unspecified atom stereocenters. The molecule has 0 aromatic heterocycles. The quantitative estimate of drug-likeness (QED) is 0.578. The maximum atomic E-state index is 14.1. The fourth-order valence-electron chi connectivity index (χ4n) is 5.09. The molecule has 0 saturated carbocycles. The topological polar surface area (TPSA) is 40.2 Å². The second-order valence-corrected chi connectivity index (χ2v) is 10.9. The average Bonchev–Trinajstić information content (AvgIpc) is 3.37. The Morgan fingerprint density at radius 1 is 0.943 bits per heavy atom. The van der Waals surface area contributed by atoms with Gasteiger partial charge in [-0.05, 0) is 82.8 Å². The van der Waals surface area contributed by atoms with Crippen LogP contribution in [0.15, 0.2) is 42.5 Å². The molecule has 3 fully saturated rings. The predicted octanol–water partition coefficient (Wildman–Crippen LogP) is 4.64. The first-order valence-corrected chi connectivity index (χ1v) is 12.5. The molecule has 5 rings (SSSR count). The zero-order valence-electron chi connectivity index (χ0n) is 20.9. The van der Waals surface area contributed by atoms with Crippen LogP contribution in [0.25, 0.3) is 0 Å². The van der Waals surface area contributed by atoms with Crippen molar-refractivity contribution in [2.24, 2.45) is 0 Å². The summed E-state index contributed by atoms with van der Waals surface area (Å²) in [6, 6.07) is 11.8. The summed E-state index contributed by atoms with van der Waals surface area (Å²) in [5.74, 6) is -0.0108. The molecule has 3 aliphatic rings. The molecule has 3 atom stereocenters. The number of ether oxygens (including phenoxy) is 2. The van der Waals surface area contributed by atoms with Gasteiger partial charge in [0.2, 0.25) is 0 Å². The van der Waals surface area contributed by atoms with Crippen molar-refractivity contribution in [1.29, 1.82) is 0 Å². The molecule has 0 radical (unpaired) electrons. The van der Waals surface area contributed by atoms with E-state index >= 15 is 0 Å². The van der Waals surface area contributed by atoms with E-state index in [4.69, 9.17) is 18.8 Å². The molecule has 0 amide bonds. The Morgan fingerprint density at radius 2 is 1.66 bits per heavy atom. The van der Waals surface area contributed by atoms with Crippen molar-refractivity contribution in [2.75, 3.05) is 19.7 Å². The van der Waals surface area contributed by atoms with E-state index in [1.807, 2.05) is 52.0 Å². The smallest absolute Gasteiger partial charge is 0.489 e. The first kappa shape index (κ1) is 24.7. The summed E-state index contributed by atoms with van der Waals surface area (Å²) in [5, 5.41) is 0. The molecule has 2 aromatic carbocycles.